The molecule has 0 bridgehead atoms. The molecular weight excluding hydrogens is 162 g/mol. The van der Waals surface area contributed by atoms with Gasteiger partial charge in [-0.3, -0.25) is 0 Å². The zero-order valence-corrected chi connectivity index (χ0v) is 9.58. The van der Waals surface area contributed by atoms with Gasteiger partial charge in [0.25, 0.3) is 0 Å². The fourth-order valence-corrected chi connectivity index (χ4v) is 1.35. The van der Waals surface area contributed by atoms with Crippen LogP contribution in [0.4, 0.5) is 0 Å². The third kappa shape index (κ3) is 8.22. The molecule has 0 aliphatic carbocycles. The predicted molar refractivity (Wildman–Crippen MR) is 58.9 cm³/mol. The molecule has 0 fully saturated rings. The van der Waals surface area contributed by atoms with Gasteiger partial charge >= 0.3 is 0 Å². The Morgan fingerprint density at radius 2 is 1.77 bits per heavy atom. The molecule has 13 heavy (non-hydrogen) atoms. The summed E-state index contributed by atoms with van der Waals surface area (Å²) < 4.78 is 0. The largest absolute Gasteiger partial charge is 0.330 e. The third-order valence-corrected chi connectivity index (χ3v) is 2.17. The quantitative estimate of drug-likeness (QED) is 0.629. The van der Waals surface area contributed by atoms with Crippen LogP contribution in [-0.2, 0) is 0 Å². The monoisotopic (exact) mass is 187 g/mol. The highest BCUT2D eigenvalue weighted by atomic mass is 15.1. The van der Waals surface area contributed by atoms with Crippen molar-refractivity contribution in [2.75, 3.05) is 47.3 Å². The van der Waals surface area contributed by atoms with E-state index >= 15 is 0 Å². The van der Waals surface area contributed by atoms with Crippen molar-refractivity contribution < 1.29 is 0 Å². The Morgan fingerprint density at radius 1 is 1.15 bits per heavy atom. The molecule has 3 heteroatoms. The number of hydrogen-bond acceptors (Lipinski definition) is 3. The Hall–Kier alpha value is -0.120. The lowest BCUT2D eigenvalue weighted by Crippen LogP contribution is -2.30. The molecule has 0 saturated heterocycles. The molecule has 0 amide bonds. The van der Waals surface area contributed by atoms with Crippen LogP contribution in [0.15, 0.2) is 0 Å². The van der Waals surface area contributed by atoms with E-state index in [-0.39, 0.29) is 0 Å². The number of nitrogens with two attached hydrogens (primary N) is 1. The molecule has 0 aromatic rings. The van der Waals surface area contributed by atoms with Crippen molar-refractivity contribution in [3.05, 3.63) is 0 Å². The summed E-state index contributed by atoms with van der Waals surface area (Å²) in [6.45, 7) is 6.44. The summed E-state index contributed by atoms with van der Waals surface area (Å²) in [7, 11) is 6.40. The average molecular weight is 187 g/mol. The van der Waals surface area contributed by atoms with Crippen LogP contribution in [0.2, 0.25) is 0 Å². The minimum Gasteiger partial charge on any atom is -0.330 e. The molecule has 0 aliphatic rings. The molecule has 0 saturated carbocycles. The smallest absolute Gasteiger partial charge is 0.00160 e. The Balaban J connectivity index is 3.34. The lowest BCUT2D eigenvalue weighted by atomic mass is 10.2. The second kappa shape index (κ2) is 7.30. The Morgan fingerprint density at radius 3 is 2.23 bits per heavy atom. The maximum Gasteiger partial charge on any atom is 0.00160 e. The van der Waals surface area contributed by atoms with E-state index in [9.17, 15) is 0 Å². The van der Waals surface area contributed by atoms with Gasteiger partial charge in [-0.05, 0) is 53.1 Å². The molecule has 0 rings (SSSR count). The Labute approximate surface area is 82.9 Å². The summed E-state index contributed by atoms with van der Waals surface area (Å²) in [5.41, 5.74) is 5.56. The Kier molecular flexibility index (Phi) is 7.23. The summed E-state index contributed by atoms with van der Waals surface area (Å²) in [5, 5.41) is 0. The van der Waals surface area contributed by atoms with Crippen molar-refractivity contribution in [1.29, 1.82) is 0 Å². The standard InChI is InChI=1S/C10H25N3/c1-10(8-11)9-13(4)7-5-6-12(2)3/h10H,5-9,11H2,1-4H3. The predicted octanol–water partition coefficient (Wildman–Crippen LogP) is 0.465. The molecule has 0 aromatic heterocycles. The number of rotatable bonds is 7. The summed E-state index contributed by atoms with van der Waals surface area (Å²) in [4.78, 5) is 4.58. The van der Waals surface area contributed by atoms with Crippen molar-refractivity contribution in [3.63, 3.8) is 0 Å². The molecule has 2 N–H and O–H groups in total. The maximum absolute atomic E-state index is 5.56. The summed E-state index contributed by atoms with van der Waals surface area (Å²) in [6, 6.07) is 0. The highest BCUT2D eigenvalue weighted by Crippen LogP contribution is 1.96. The van der Waals surface area contributed by atoms with Crippen LogP contribution in [0.3, 0.4) is 0 Å². The van der Waals surface area contributed by atoms with Crippen molar-refractivity contribution in [2.24, 2.45) is 11.7 Å². The van der Waals surface area contributed by atoms with Crippen LogP contribution in [0.1, 0.15) is 13.3 Å². The second-order valence-electron chi connectivity index (χ2n) is 4.26. The van der Waals surface area contributed by atoms with Crippen LogP contribution in [0.5, 0.6) is 0 Å². The summed E-state index contributed by atoms with van der Waals surface area (Å²) in [6.07, 6.45) is 1.24. The maximum atomic E-state index is 5.56. The van der Waals surface area contributed by atoms with Crippen LogP contribution in [-0.4, -0.2) is 57.1 Å². The van der Waals surface area contributed by atoms with Crippen LogP contribution < -0.4 is 5.73 Å². The topological polar surface area (TPSA) is 32.5 Å². The van der Waals surface area contributed by atoms with E-state index < -0.39 is 0 Å². The molecule has 0 aromatic carbocycles. The van der Waals surface area contributed by atoms with Gasteiger partial charge in [0.05, 0.1) is 0 Å². The first-order chi connectivity index (χ1) is 6.06. The minimum absolute atomic E-state index is 0.615. The highest BCUT2D eigenvalue weighted by molar-refractivity contribution is 4.60. The Bertz CT molecular complexity index is 115. The first-order valence-electron chi connectivity index (χ1n) is 5.09. The van der Waals surface area contributed by atoms with Gasteiger partial charge in [0.1, 0.15) is 0 Å². The van der Waals surface area contributed by atoms with Gasteiger partial charge in [0.2, 0.25) is 0 Å². The lowest BCUT2D eigenvalue weighted by molar-refractivity contribution is 0.269. The van der Waals surface area contributed by atoms with Gasteiger partial charge in [0, 0.05) is 6.54 Å². The fourth-order valence-electron chi connectivity index (χ4n) is 1.35. The van der Waals surface area contributed by atoms with Crippen LogP contribution >= 0.6 is 0 Å². The van der Waals surface area contributed by atoms with Crippen molar-refractivity contribution in [3.8, 4) is 0 Å². The first-order valence-corrected chi connectivity index (χ1v) is 5.09. The van der Waals surface area contributed by atoms with Crippen molar-refractivity contribution in [1.82, 2.24) is 9.80 Å². The van der Waals surface area contributed by atoms with Crippen LogP contribution in [0, 0.1) is 5.92 Å². The van der Waals surface area contributed by atoms with Gasteiger partial charge in [0.15, 0.2) is 0 Å². The normalized spacial score (nSPS) is 14.1. The third-order valence-electron chi connectivity index (χ3n) is 2.17. The molecule has 0 radical (unpaired) electrons. The van der Waals surface area contributed by atoms with Gasteiger partial charge < -0.3 is 15.5 Å². The number of nitrogens with zero attached hydrogens (tertiary/aromatic N) is 2. The molecule has 3 nitrogen and oxygen atoms in total. The number of hydrogen-bond donors (Lipinski definition) is 1. The molecule has 0 aliphatic heterocycles. The van der Waals surface area contributed by atoms with E-state index in [1.165, 1.54) is 19.5 Å². The average Bonchev–Trinajstić information content (AvgIpc) is 2.03. The first kappa shape index (κ1) is 12.9. The molecule has 0 heterocycles. The fraction of sp³-hybridized carbons (Fsp3) is 1.00. The zero-order valence-electron chi connectivity index (χ0n) is 9.58. The van der Waals surface area contributed by atoms with Crippen LogP contribution in [0.25, 0.3) is 0 Å². The van der Waals surface area contributed by atoms with E-state index in [1.54, 1.807) is 0 Å². The SMILES string of the molecule is CC(CN)CN(C)CCCN(C)C. The molecule has 1 unspecified atom stereocenters. The molecule has 0 spiro atoms. The molecule has 1 atom stereocenters. The van der Waals surface area contributed by atoms with Crippen molar-refractivity contribution in [2.45, 2.75) is 13.3 Å². The van der Waals surface area contributed by atoms with Gasteiger partial charge in [-0.2, -0.15) is 0 Å². The van der Waals surface area contributed by atoms with E-state index in [4.69, 9.17) is 5.73 Å². The van der Waals surface area contributed by atoms with Crippen molar-refractivity contribution >= 4 is 0 Å². The molecular formula is C10H25N3. The zero-order chi connectivity index (χ0) is 10.3. The van der Waals surface area contributed by atoms with E-state index in [0.717, 1.165) is 13.1 Å². The van der Waals surface area contributed by atoms with Gasteiger partial charge in [-0.1, -0.05) is 6.92 Å². The minimum atomic E-state index is 0.615. The summed E-state index contributed by atoms with van der Waals surface area (Å²) >= 11 is 0. The summed E-state index contributed by atoms with van der Waals surface area (Å²) in [5.74, 6) is 0.615. The van der Waals surface area contributed by atoms with Gasteiger partial charge in [-0.15, -0.1) is 0 Å². The lowest BCUT2D eigenvalue weighted by Gasteiger charge is -2.21. The van der Waals surface area contributed by atoms with E-state index in [0.29, 0.717) is 5.92 Å². The van der Waals surface area contributed by atoms with E-state index in [1.807, 2.05) is 0 Å². The van der Waals surface area contributed by atoms with E-state index in [2.05, 4.69) is 37.9 Å². The molecule has 80 valence electrons. The van der Waals surface area contributed by atoms with Gasteiger partial charge in [-0.25, -0.2) is 0 Å². The highest BCUT2D eigenvalue weighted by Gasteiger charge is 2.03. The second-order valence-corrected chi connectivity index (χ2v) is 4.26.